The number of nitrogens with zero attached hydrogens (tertiary/aromatic N) is 1. The van der Waals surface area contributed by atoms with E-state index in [0.29, 0.717) is 30.9 Å². The van der Waals surface area contributed by atoms with E-state index >= 15 is 0 Å². The number of benzene rings is 2. The first-order chi connectivity index (χ1) is 17.7. The lowest BCUT2D eigenvalue weighted by atomic mass is 10.1. The van der Waals surface area contributed by atoms with E-state index in [-0.39, 0.29) is 28.7 Å². The minimum absolute atomic E-state index is 0.00696. The average Bonchev–Trinajstić information content (AvgIpc) is 2.89. The Labute approximate surface area is 215 Å². The highest BCUT2D eigenvalue weighted by Gasteiger charge is 2.19. The van der Waals surface area contributed by atoms with Crippen molar-refractivity contribution in [3.8, 4) is 5.75 Å². The van der Waals surface area contributed by atoms with Gasteiger partial charge in [0.15, 0.2) is 0 Å². The topological polar surface area (TPSA) is 141 Å². The Hall–Kier alpha value is -4.25. The second-order valence-electron chi connectivity index (χ2n) is 7.69. The molecule has 194 valence electrons. The number of rotatable bonds is 11. The normalized spacial score (nSPS) is 10.9. The van der Waals surface area contributed by atoms with Crippen LogP contribution in [0, 0.1) is 0 Å². The fraction of sp³-hybridized carbons (Fsp3) is 0.231. The Morgan fingerprint density at radius 1 is 0.838 bits per heavy atom. The third-order valence-corrected chi connectivity index (χ3v) is 6.44. The van der Waals surface area contributed by atoms with Gasteiger partial charge in [-0.05, 0) is 74.4 Å². The summed E-state index contributed by atoms with van der Waals surface area (Å²) < 4.78 is 37.4. The largest absolute Gasteiger partial charge is 0.494 e. The molecule has 0 aliphatic carbocycles. The number of hydrogen-bond acceptors (Lipinski definition) is 8. The maximum atomic E-state index is 12.6. The zero-order valence-electron chi connectivity index (χ0n) is 20.4. The molecule has 0 saturated heterocycles. The average molecular weight is 526 g/mol. The molecule has 0 spiro atoms. The number of amides is 2. The van der Waals surface area contributed by atoms with Crippen LogP contribution in [0.4, 0.5) is 0 Å². The Bertz CT molecular complexity index is 1340. The monoisotopic (exact) mass is 525 g/mol. The van der Waals surface area contributed by atoms with Gasteiger partial charge < -0.3 is 14.8 Å². The summed E-state index contributed by atoms with van der Waals surface area (Å²) >= 11 is 0. The molecule has 11 heteroatoms. The van der Waals surface area contributed by atoms with Crippen molar-refractivity contribution in [3.05, 3.63) is 89.2 Å². The van der Waals surface area contributed by atoms with Gasteiger partial charge in [0.05, 0.1) is 23.7 Å². The van der Waals surface area contributed by atoms with E-state index in [4.69, 9.17) is 9.47 Å². The molecule has 3 rings (SSSR count). The van der Waals surface area contributed by atoms with Gasteiger partial charge >= 0.3 is 5.97 Å². The van der Waals surface area contributed by atoms with Crippen LogP contribution >= 0.6 is 0 Å². The van der Waals surface area contributed by atoms with Crippen molar-refractivity contribution in [3.63, 3.8) is 0 Å². The Kier molecular flexibility index (Phi) is 9.33. The Morgan fingerprint density at radius 2 is 1.51 bits per heavy atom. The molecule has 2 N–H and O–H groups in total. The van der Waals surface area contributed by atoms with E-state index in [1.165, 1.54) is 24.3 Å². The SMILES string of the molecule is CCOC(=O)c1ccc(C(=O)NS(=O)(=O)c2ccc(CCNC(=O)c3ccc(OCC)cc3)cc2)cn1. The smallest absolute Gasteiger partial charge is 0.356 e. The van der Waals surface area contributed by atoms with Crippen LogP contribution in [-0.2, 0) is 21.2 Å². The van der Waals surface area contributed by atoms with Crippen molar-refractivity contribution in [2.24, 2.45) is 0 Å². The van der Waals surface area contributed by atoms with Crippen LogP contribution in [-0.4, -0.2) is 50.9 Å². The van der Waals surface area contributed by atoms with Crippen LogP contribution in [0.5, 0.6) is 5.75 Å². The summed E-state index contributed by atoms with van der Waals surface area (Å²) in [5.74, 6) is -1.06. The van der Waals surface area contributed by atoms with Crippen LogP contribution in [0.25, 0.3) is 0 Å². The van der Waals surface area contributed by atoms with Gasteiger partial charge in [-0.3, -0.25) is 9.59 Å². The lowest BCUT2D eigenvalue weighted by molar-refractivity contribution is 0.0519. The molecule has 0 unspecified atom stereocenters. The minimum atomic E-state index is -4.14. The van der Waals surface area contributed by atoms with Crippen LogP contribution in [0.3, 0.4) is 0 Å². The number of carbonyl (C=O) groups excluding carboxylic acids is 3. The quantitative estimate of drug-likeness (QED) is 0.364. The highest BCUT2D eigenvalue weighted by atomic mass is 32.2. The molecule has 3 aromatic rings. The summed E-state index contributed by atoms with van der Waals surface area (Å²) in [5, 5.41) is 2.82. The minimum Gasteiger partial charge on any atom is -0.494 e. The van der Waals surface area contributed by atoms with Crippen LogP contribution in [0.1, 0.15) is 50.6 Å². The number of ether oxygens (including phenoxy) is 2. The number of carbonyl (C=O) groups is 3. The zero-order valence-corrected chi connectivity index (χ0v) is 21.2. The molecule has 0 bridgehead atoms. The van der Waals surface area contributed by atoms with Crippen molar-refractivity contribution in [1.82, 2.24) is 15.0 Å². The fourth-order valence-electron chi connectivity index (χ4n) is 3.22. The number of hydrogen-bond donors (Lipinski definition) is 2. The third-order valence-electron chi connectivity index (χ3n) is 5.10. The van der Waals surface area contributed by atoms with E-state index in [2.05, 4.69) is 10.3 Å². The molecular weight excluding hydrogens is 498 g/mol. The number of esters is 1. The highest BCUT2D eigenvalue weighted by Crippen LogP contribution is 2.14. The van der Waals surface area contributed by atoms with Crippen LogP contribution in [0.2, 0.25) is 0 Å². The zero-order chi connectivity index (χ0) is 26.8. The van der Waals surface area contributed by atoms with Gasteiger partial charge in [-0.15, -0.1) is 0 Å². The summed E-state index contributed by atoms with van der Waals surface area (Å²) in [7, 11) is -4.14. The number of aromatic nitrogens is 1. The van der Waals surface area contributed by atoms with Crippen molar-refractivity contribution in [2.45, 2.75) is 25.2 Å². The molecule has 0 fully saturated rings. The predicted octanol–water partition coefficient (Wildman–Crippen LogP) is 2.75. The van der Waals surface area contributed by atoms with Gasteiger partial charge in [-0.25, -0.2) is 22.9 Å². The molecule has 37 heavy (non-hydrogen) atoms. The van der Waals surface area contributed by atoms with Crippen LogP contribution < -0.4 is 14.8 Å². The van der Waals surface area contributed by atoms with Gasteiger partial charge in [0.2, 0.25) is 0 Å². The van der Waals surface area contributed by atoms with E-state index in [9.17, 15) is 22.8 Å². The lowest BCUT2D eigenvalue weighted by Crippen LogP contribution is -2.30. The summed E-state index contributed by atoms with van der Waals surface area (Å²) in [6.07, 6.45) is 1.58. The standard InChI is InChI=1S/C26H27N3O7S/c1-3-35-21-10-7-19(8-11-21)24(30)27-16-15-18-5-12-22(13-6-18)37(33,34)29-25(31)20-9-14-23(28-17-20)26(32)36-4-2/h5-14,17H,3-4,15-16H2,1-2H3,(H,27,30)(H,29,31). The lowest BCUT2D eigenvalue weighted by Gasteiger charge is -2.09. The second-order valence-corrected chi connectivity index (χ2v) is 9.38. The maximum absolute atomic E-state index is 12.6. The fourth-order valence-corrected chi connectivity index (χ4v) is 4.19. The van der Waals surface area contributed by atoms with Gasteiger partial charge in [0.1, 0.15) is 11.4 Å². The van der Waals surface area contributed by atoms with Crippen LogP contribution in [0.15, 0.2) is 71.8 Å². The Morgan fingerprint density at radius 3 is 2.11 bits per heavy atom. The first-order valence-corrected chi connectivity index (χ1v) is 13.0. The maximum Gasteiger partial charge on any atom is 0.356 e. The van der Waals surface area contributed by atoms with Gasteiger partial charge in [-0.2, -0.15) is 0 Å². The van der Waals surface area contributed by atoms with E-state index < -0.39 is 21.9 Å². The molecule has 1 aromatic heterocycles. The summed E-state index contributed by atoms with van der Waals surface area (Å²) in [6.45, 7) is 4.61. The van der Waals surface area contributed by atoms with Crippen molar-refractivity contribution >= 4 is 27.8 Å². The predicted molar refractivity (Wildman–Crippen MR) is 135 cm³/mol. The first-order valence-electron chi connectivity index (χ1n) is 11.5. The molecule has 2 amide bonds. The van der Waals surface area contributed by atoms with Gasteiger partial charge in [-0.1, -0.05) is 12.1 Å². The molecule has 0 radical (unpaired) electrons. The van der Waals surface area contributed by atoms with Crippen molar-refractivity contribution < 1.29 is 32.3 Å². The van der Waals surface area contributed by atoms with Gasteiger partial charge in [0.25, 0.3) is 21.8 Å². The molecule has 0 aliphatic heterocycles. The molecular formula is C26H27N3O7S. The molecule has 0 atom stereocenters. The third kappa shape index (κ3) is 7.61. The number of pyridine rings is 1. The number of nitrogens with one attached hydrogen (secondary N) is 2. The van der Waals surface area contributed by atoms with Gasteiger partial charge in [0, 0.05) is 18.3 Å². The molecule has 0 saturated carbocycles. The second kappa shape index (κ2) is 12.6. The summed E-state index contributed by atoms with van der Waals surface area (Å²) in [6, 6.07) is 15.4. The first kappa shape index (κ1) is 27.3. The molecule has 10 nitrogen and oxygen atoms in total. The van der Waals surface area contributed by atoms with E-state index in [1.807, 2.05) is 11.6 Å². The van der Waals surface area contributed by atoms with Crippen molar-refractivity contribution in [1.29, 1.82) is 0 Å². The molecule has 2 aromatic carbocycles. The summed E-state index contributed by atoms with van der Waals surface area (Å²) in [4.78, 5) is 40.1. The number of sulfonamides is 1. The Balaban J connectivity index is 1.53. The van der Waals surface area contributed by atoms with E-state index in [1.54, 1.807) is 43.3 Å². The highest BCUT2D eigenvalue weighted by molar-refractivity contribution is 7.90. The van der Waals surface area contributed by atoms with Crippen molar-refractivity contribution in [2.75, 3.05) is 19.8 Å². The van der Waals surface area contributed by atoms with E-state index in [0.717, 1.165) is 11.8 Å². The molecule has 1 heterocycles. The summed E-state index contributed by atoms with van der Waals surface area (Å²) in [5.41, 5.74) is 1.28. The molecule has 0 aliphatic rings.